The van der Waals surface area contributed by atoms with Crippen LogP contribution in [0, 0.1) is 5.41 Å². The van der Waals surface area contributed by atoms with E-state index in [9.17, 15) is 4.79 Å². The first-order chi connectivity index (χ1) is 16.9. The Bertz CT molecular complexity index is 411. The lowest BCUT2D eigenvalue weighted by Gasteiger charge is -2.31. The Hall–Kier alpha value is -0.100. The second kappa shape index (κ2) is 28.5. The number of carbonyl (C=O) groups is 1. The molecule has 0 rings (SSSR count). The van der Waals surface area contributed by atoms with Crippen molar-refractivity contribution in [3.8, 4) is 0 Å². The Morgan fingerprint density at radius 2 is 0.829 bits per heavy atom. The van der Waals surface area contributed by atoms with Gasteiger partial charge in [-0.25, -0.2) is 0 Å². The van der Waals surface area contributed by atoms with Gasteiger partial charge in [-0.05, 0) is 19.3 Å². The lowest BCUT2D eigenvalue weighted by molar-refractivity contribution is -0.121. The maximum Gasteiger partial charge on any atom is 0.192 e. The highest BCUT2D eigenvalue weighted by Gasteiger charge is 2.34. The van der Waals surface area contributed by atoms with E-state index in [-0.39, 0.29) is 23.7 Å². The average Bonchev–Trinajstić information content (AvgIpc) is 2.86. The van der Waals surface area contributed by atoms with E-state index in [1.807, 2.05) is 0 Å². The highest BCUT2D eigenvalue weighted by molar-refractivity contribution is 7.96. The van der Waals surface area contributed by atoms with Crippen molar-refractivity contribution < 1.29 is 20.1 Å². The average molecular weight is 519 g/mol. The van der Waals surface area contributed by atoms with Gasteiger partial charge in [-0.2, -0.15) is 0 Å². The fourth-order valence-electron chi connectivity index (χ4n) is 4.66. The zero-order chi connectivity index (χ0) is 26.6. The van der Waals surface area contributed by atoms with Crippen LogP contribution >= 0.6 is 12.6 Å². The number of rotatable bonds is 25. The number of hydrogen-bond acceptors (Lipinski definition) is 4. The smallest absolute Gasteiger partial charge is 0.192 e. The Labute approximate surface area is 224 Å². The molecule has 212 valence electrons. The van der Waals surface area contributed by atoms with Crippen LogP contribution in [0.1, 0.15) is 162 Å². The van der Waals surface area contributed by atoms with Crippen molar-refractivity contribution in [3.05, 3.63) is 0 Å². The number of carbonyl (C=O) groups excluding carboxylic acids is 1. The first-order valence-electron chi connectivity index (χ1n) is 15.1. The molecule has 0 saturated heterocycles. The molecule has 0 spiro atoms. The van der Waals surface area contributed by atoms with Crippen molar-refractivity contribution >= 4 is 17.7 Å². The third-order valence-corrected chi connectivity index (χ3v) is 7.63. The van der Waals surface area contributed by atoms with Crippen LogP contribution in [0.5, 0.6) is 0 Å². The second-order valence-corrected chi connectivity index (χ2v) is 10.9. The standard InChI is InChI=1S/C27H54OS.C3H8O3/c1-4-7-10-13-16-19-22-25-27(26(28)29,23-20-17-14-11-8-5-2)24-21-18-15-12-9-6-3;4-1-3(6)2-5/h4-25H2,1-3H3,(H,28,29);3-6H,1-2H2. The highest BCUT2D eigenvalue weighted by atomic mass is 32.1. The minimum atomic E-state index is -0.954. The molecule has 0 atom stereocenters. The predicted molar refractivity (Wildman–Crippen MR) is 155 cm³/mol. The van der Waals surface area contributed by atoms with E-state index in [2.05, 4.69) is 33.4 Å². The Morgan fingerprint density at radius 1 is 0.571 bits per heavy atom. The second-order valence-electron chi connectivity index (χ2n) is 10.5. The van der Waals surface area contributed by atoms with Crippen molar-refractivity contribution in [2.24, 2.45) is 5.41 Å². The third-order valence-electron chi connectivity index (χ3n) is 7.15. The van der Waals surface area contributed by atoms with Gasteiger partial charge < -0.3 is 15.3 Å². The molecule has 3 N–H and O–H groups in total. The van der Waals surface area contributed by atoms with E-state index in [4.69, 9.17) is 15.3 Å². The number of aliphatic hydroxyl groups excluding tert-OH is 3. The summed E-state index contributed by atoms with van der Waals surface area (Å²) in [6, 6.07) is 0. The Balaban J connectivity index is 0. The van der Waals surface area contributed by atoms with Crippen molar-refractivity contribution in [2.75, 3.05) is 13.2 Å². The minimum absolute atomic E-state index is 0.137. The molecule has 0 bridgehead atoms. The molecule has 35 heavy (non-hydrogen) atoms. The summed E-state index contributed by atoms with van der Waals surface area (Å²) in [5.74, 6) is 0. The molecule has 0 aliphatic carbocycles. The first-order valence-corrected chi connectivity index (χ1v) is 15.5. The van der Waals surface area contributed by atoms with E-state index in [1.54, 1.807) is 0 Å². The molecule has 0 radical (unpaired) electrons. The van der Waals surface area contributed by atoms with Gasteiger partial charge in [0.15, 0.2) is 5.12 Å². The molecule has 0 fully saturated rings. The van der Waals surface area contributed by atoms with Crippen LogP contribution in [-0.2, 0) is 4.79 Å². The summed E-state index contributed by atoms with van der Waals surface area (Å²) in [6.07, 6.45) is 27.2. The fourth-order valence-corrected chi connectivity index (χ4v) is 5.00. The summed E-state index contributed by atoms with van der Waals surface area (Å²) in [5, 5.41) is 24.2. The van der Waals surface area contributed by atoms with Gasteiger partial charge in [-0.1, -0.05) is 143 Å². The summed E-state index contributed by atoms with van der Waals surface area (Å²) < 4.78 is 0. The van der Waals surface area contributed by atoms with Crippen LogP contribution in [0.3, 0.4) is 0 Å². The monoisotopic (exact) mass is 518 g/mol. The summed E-state index contributed by atoms with van der Waals surface area (Å²) in [4.78, 5) is 12.7. The number of aliphatic hydroxyl groups is 3. The predicted octanol–water partition coefficient (Wildman–Crippen LogP) is 8.40. The molecular formula is C30H62O4S. The van der Waals surface area contributed by atoms with Gasteiger partial charge in [0.25, 0.3) is 0 Å². The number of hydrogen-bond donors (Lipinski definition) is 4. The molecule has 0 aromatic heterocycles. The van der Waals surface area contributed by atoms with Crippen LogP contribution in [0.2, 0.25) is 0 Å². The SMILES string of the molecule is CCCCCCCCCC(CCCCCCCC)(CCCCCCCC)C(=O)S.OCC(O)CO. The van der Waals surface area contributed by atoms with E-state index in [1.165, 1.54) is 122 Å². The number of thiol groups is 1. The molecule has 0 unspecified atom stereocenters. The van der Waals surface area contributed by atoms with E-state index in [0.29, 0.717) is 0 Å². The fraction of sp³-hybridized carbons (Fsp3) is 0.967. The summed E-state index contributed by atoms with van der Waals surface area (Å²) >= 11 is 4.43. The summed E-state index contributed by atoms with van der Waals surface area (Å²) in [6.45, 7) is 6.09. The molecule has 0 amide bonds. The maximum absolute atomic E-state index is 12.7. The van der Waals surface area contributed by atoms with Gasteiger partial charge in [0.05, 0.1) is 13.2 Å². The van der Waals surface area contributed by atoms with Crippen LogP contribution in [0.15, 0.2) is 0 Å². The third kappa shape index (κ3) is 24.0. The summed E-state index contributed by atoms with van der Waals surface area (Å²) in [7, 11) is 0. The Morgan fingerprint density at radius 3 is 1.03 bits per heavy atom. The van der Waals surface area contributed by atoms with Gasteiger partial charge in [0.1, 0.15) is 6.10 Å². The van der Waals surface area contributed by atoms with Crippen molar-refractivity contribution in [2.45, 2.75) is 168 Å². The van der Waals surface area contributed by atoms with Crippen LogP contribution in [-0.4, -0.2) is 39.8 Å². The minimum Gasteiger partial charge on any atom is -0.394 e. The largest absolute Gasteiger partial charge is 0.394 e. The zero-order valence-corrected chi connectivity index (χ0v) is 24.6. The van der Waals surface area contributed by atoms with Gasteiger partial charge in [0, 0.05) is 5.41 Å². The van der Waals surface area contributed by atoms with Crippen LogP contribution < -0.4 is 0 Å². The van der Waals surface area contributed by atoms with Crippen molar-refractivity contribution in [1.82, 2.24) is 0 Å². The molecule has 0 aromatic rings. The lowest BCUT2D eigenvalue weighted by Crippen LogP contribution is -2.28. The van der Waals surface area contributed by atoms with Crippen LogP contribution in [0.4, 0.5) is 0 Å². The van der Waals surface area contributed by atoms with Crippen molar-refractivity contribution in [1.29, 1.82) is 0 Å². The molecule has 5 heteroatoms. The van der Waals surface area contributed by atoms with Gasteiger partial charge in [-0.3, -0.25) is 4.79 Å². The molecule has 0 aliphatic heterocycles. The van der Waals surface area contributed by atoms with Gasteiger partial charge in [-0.15, -0.1) is 12.6 Å². The molecule has 0 aromatic carbocycles. The zero-order valence-electron chi connectivity index (χ0n) is 23.7. The molecule has 0 heterocycles. The van der Waals surface area contributed by atoms with Crippen molar-refractivity contribution in [3.63, 3.8) is 0 Å². The molecule has 4 nitrogen and oxygen atoms in total. The molecule has 0 saturated carbocycles. The quantitative estimate of drug-likeness (QED) is 0.0722. The molecule has 0 aliphatic rings. The van der Waals surface area contributed by atoms with E-state index in [0.717, 1.165) is 19.3 Å². The maximum atomic E-state index is 12.7. The van der Waals surface area contributed by atoms with Gasteiger partial charge in [0.2, 0.25) is 0 Å². The van der Waals surface area contributed by atoms with E-state index < -0.39 is 6.10 Å². The normalized spacial score (nSPS) is 11.5. The Kier molecular flexibility index (Phi) is 30.1. The first kappa shape index (κ1) is 37.1. The lowest BCUT2D eigenvalue weighted by atomic mass is 9.75. The van der Waals surface area contributed by atoms with Gasteiger partial charge >= 0.3 is 0 Å². The molecular weight excluding hydrogens is 456 g/mol. The topological polar surface area (TPSA) is 77.8 Å². The number of unbranched alkanes of at least 4 members (excludes halogenated alkanes) is 16. The highest BCUT2D eigenvalue weighted by Crippen LogP contribution is 2.39. The summed E-state index contributed by atoms with van der Waals surface area (Å²) in [5.41, 5.74) is -0.137. The van der Waals surface area contributed by atoms with E-state index >= 15 is 0 Å². The van der Waals surface area contributed by atoms with Crippen LogP contribution in [0.25, 0.3) is 0 Å².